The lowest BCUT2D eigenvalue weighted by Crippen LogP contribution is -2.56. The van der Waals surface area contributed by atoms with E-state index in [-0.39, 0.29) is 35.2 Å². The summed E-state index contributed by atoms with van der Waals surface area (Å²) >= 11 is 3.68. The number of alkyl halides is 1. The van der Waals surface area contributed by atoms with Gasteiger partial charge in [0.05, 0.1) is 17.9 Å². The molecule has 3 aliphatic heterocycles. The van der Waals surface area contributed by atoms with Crippen molar-refractivity contribution in [3.63, 3.8) is 0 Å². The van der Waals surface area contributed by atoms with Gasteiger partial charge in [0.2, 0.25) is 17.7 Å². The number of carbonyl (C=O) groups is 3. The molecule has 1 aromatic carbocycles. The summed E-state index contributed by atoms with van der Waals surface area (Å²) in [6.45, 7) is 4.35. The molecule has 9 heteroatoms. The van der Waals surface area contributed by atoms with Crippen LogP contribution < -0.4 is 10.6 Å². The van der Waals surface area contributed by atoms with Crippen LogP contribution in [0.25, 0.3) is 0 Å². The number of nitrogens with zero attached hydrogens (tertiary/aromatic N) is 1. The van der Waals surface area contributed by atoms with Crippen LogP contribution >= 0.6 is 15.9 Å². The topological polar surface area (TPSA) is 108 Å². The summed E-state index contributed by atoms with van der Waals surface area (Å²) in [6, 6.07) is 8.31. The van der Waals surface area contributed by atoms with E-state index < -0.39 is 29.6 Å². The lowest BCUT2D eigenvalue weighted by atomic mass is 9.70. The van der Waals surface area contributed by atoms with Gasteiger partial charge in [-0.3, -0.25) is 14.4 Å². The van der Waals surface area contributed by atoms with Gasteiger partial charge < -0.3 is 25.4 Å². The number of fused-ring (bicyclic) bond motifs is 1. The maximum atomic E-state index is 13.8. The number of anilines is 1. The van der Waals surface area contributed by atoms with E-state index in [9.17, 15) is 14.4 Å². The lowest BCUT2D eigenvalue weighted by molar-refractivity contribution is -0.141. The highest BCUT2D eigenvalue weighted by atomic mass is 79.9. The first-order valence-corrected chi connectivity index (χ1v) is 13.1. The number of unbranched alkanes of at least 4 members (excludes halogenated alkanes) is 3. The van der Waals surface area contributed by atoms with Gasteiger partial charge >= 0.3 is 0 Å². The predicted molar refractivity (Wildman–Crippen MR) is 131 cm³/mol. The Bertz CT molecular complexity index is 913. The zero-order valence-corrected chi connectivity index (χ0v) is 21.3. The SMILES string of the molecule is CC(C)NC(=O)C1N(CCCCCCO)C(=O)[C@@H]2[C@@H](C(=O)Nc3ccccc3)[C@@H]3OC12CC3Br. The molecule has 2 bridgehead atoms. The van der Waals surface area contributed by atoms with Gasteiger partial charge in [0.1, 0.15) is 11.6 Å². The molecule has 4 rings (SSSR count). The largest absolute Gasteiger partial charge is 0.396 e. The van der Waals surface area contributed by atoms with Gasteiger partial charge in [-0.25, -0.2) is 0 Å². The monoisotopic (exact) mass is 535 g/mol. The number of halogens is 1. The number of ether oxygens (including phenoxy) is 1. The first-order valence-electron chi connectivity index (χ1n) is 12.2. The third-order valence-electron chi connectivity index (χ3n) is 7.12. The maximum absolute atomic E-state index is 13.8. The van der Waals surface area contributed by atoms with Gasteiger partial charge in [-0.05, 0) is 45.2 Å². The first kappa shape index (κ1) is 25.1. The van der Waals surface area contributed by atoms with Crippen molar-refractivity contribution in [2.24, 2.45) is 11.8 Å². The van der Waals surface area contributed by atoms with Crippen molar-refractivity contribution >= 4 is 39.3 Å². The fraction of sp³-hybridized carbons (Fsp3) is 0.640. The molecule has 0 aromatic heterocycles. The highest BCUT2D eigenvalue weighted by Crippen LogP contribution is 2.60. The number of benzene rings is 1. The third kappa shape index (κ3) is 4.50. The minimum absolute atomic E-state index is 0.0833. The summed E-state index contributed by atoms with van der Waals surface area (Å²) in [5.74, 6) is -2.05. The second-order valence-electron chi connectivity index (χ2n) is 9.85. The molecule has 3 saturated heterocycles. The van der Waals surface area contributed by atoms with Gasteiger partial charge in [-0.2, -0.15) is 0 Å². The summed E-state index contributed by atoms with van der Waals surface area (Å²) in [7, 11) is 0. The Morgan fingerprint density at radius 1 is 1.18 bits per heavy atom. The lowest BCUT2D eigenvalue weighted by Gasteiger charge is -2.34. The normalized spacial score (nSPS) is 31.7. The molecule has 0 radical (unpaired) electrons. The first-order chi connectivity index (χ1) is 16.3. The zero-order valence-electron chi connectivity index (χ0n) is 19.7. The van der Waals surface area contributed by atoms with E-state index in [0.29, 0.717) is 18.7 Å². The van der Waals surface area contributed by atoms with Crippen LogP contribution in [0.3, 0.4) is 0 Å². The van der Waals surface area contributed by atoms with Crippen molar-refractivity contribution in [1.29, 1.82) is 0 Å². The molecule has 0 saturated carbocycles. The molecule has 1 aromatic rings. The summed E-state index contributed by atoms with van der Waals surface area (Å²) < 4.78 is 6.46. The van der Waals surface area contributed by atoms with Crippen molar-refractivity contribution < 1.29 is 24.2 Å². The number of amides is 3. The summed E-state index contributed by atoms with van der Waals surface area (Å²) in [4.78, 5) is 42.2. The van der Waals surface area contributed by atoms with Crippen LogP contribution in [0.1, 0.15) is 46.0 Å². The van der Waals surface area contributed by atoms with Crippen molar-refractivity contribution in [3.05, 3.63) is 30.3 Å². The van der Waals surface area contributed by atoms with Gasteiger partial charge in [0, 0.05) is 29.7 Å². The number of aliphatic hydroxyl groups excluding tert-OH is 1. The molecule has 0 aliphatic carbocycles. The van der Waals surface area contributed by atoms with Crippen molar-refractivity contribution in [1.82, 2.24) is 10.2 Å². The number of rotatable bonds is 10. The smallest absolute Gasteiger partial charge is 0.246 e. The number of aliphatic hydroxyl groups is 1. The second-order valence-corrected chi connectivity index (χ2v) is 11.0. The molecule has 34 heavy (non-hydrogen) atoms. The Morgan fingerprint density at radius 3 is 2.56 bits per heavy atom. The molecule has 6 atom stereocenters. The highest BCUT2D eigenvalue weighted by Gasteiger charge is 2.76. The Morgan fingerprint density at radius 2 is 1.88 bits per heavy atom. The fourth-order valence-electron chi connectivity index (χ4n) is 5.83. The van der Waals surface area contributed by atoms with E-state index in [0.717, 1.165) is 25.7 Å². The van der Waals surface area contributed by atoms with Gasteiger partial charge in [-0.15, -0.1) is 0 Å². The number of carbonyl (C=O) groups excluding carboxylic acids is 3. The maximum Gasteiger partial charge on any atom is 0.246 e. The fourth-order valence-corrected chi connectivity index (χ4v) is 6.77. The van der Waals surface area contributed by atoms with Crippen LogP contribution in [0.2, 0.25) is 0 Å². The molecular formula is C25H34BrN3O5. The van der Waals surface area contributed by atoms with E-state index in [4.69, 9.17) is 9.84 Å². The van der Waals surface area contributed by atoms with Gasteiger partial charge in [0.15, 0.2) is 0 Å². The molecule has 1 spiro atoms. The number of likely N-dealkylation sites (tertiary alicyclic amines) is 1. The minimum atomic E-state index is -1.03. The van der Waals surface area contributed by atoms with Crippen LogP contribution in [-0.2, 0) is 19.1 Å². The summed E-state index contributed by atoms with van der Waals surface area (Å²) in [5.41, 5.74) is -0.366. The van der Waals surface area contributed by atoms with E-state index >= 15 is 0 Å². The standard InChI is InChI=1S/C25H34BrN3O5/c1-15(2)27-23(32)21-25-14-17(26)20(34-25)18(22(31)28-16-10-6-5-7-11-16)19(25)24(33)29(21)12-8-3-4-9-13-30/h5-7,10-11,15,17-21,30H,3-4,8-9,12-14H2,1-2H3,(H,27,32)(H,28,31)/t17?,18-,19+,20-,21?,25?/m1/s1. The average Bonchev–Trinajstić information content (AvgIpc) is 3.37. The van der Waals surface area contributed by atoms with Crippen molar-refractivity contribution in [3.8, 4) is 0 Å². The zero-order chi connectivity index (χ0) is 24.5. The van der Waals surface area contributed by atoms with Crippen molar-refractivity contribution in [2.45, 2.75) is 74.6 Å². The highest BCUT2D eigenvalue weighted by molar-refractivity contribution is 9.09. The summed E-state index contributed by atoms with van der Waals surface area (Å²) in [5, 5.41) is 14.9. The molecule has 8 nitrogen and oxygen atoms in total. The second kappa shape index (κ2) is 10.3. The Hall–Kier alpha value is -1.97. The molecule has 3 unspecified atom stereocenters. The van der Waals surface area contributed by atoms with E-state index in [2.05, 4.69) is 26.6 Å². The van der Waals surface area contributed by atoms with Crippen molar-refractivity contribution in [2.75, 3.05) is 18.5 Å². The summed E-state index contributed by atoms with van der Waals surface area (Å²) in [6.07, 6.45) is 3.18. The molecule has 3 N–H and O–H groups in total. The molecule has 3 fully saturated rings. The van der Waals surface area contributed by atoms with E-state index in [1.807, 2.05) is 32.0 Å². The van der Waals surface area contributed by atoms with Gasteiger partial charge in [-0.1, -0.05) is 47.0 Å². The molecular weight excluding hydrogens is 502 g/mol. The van der Waals surface area contributed by atoms with Gasteiger partial charge in [0.25, 0.3) is 0 Å². The molecule has 3 heterocycles. The Kier molecular flexibility index (Phi) is 7.64. The van der Waals surface area contributed by atoms with Crippen LogP contribution in [0.5, 0.6) is 0 Å². The molecule has 3 aliphatic rings. The number of para-hydroxylation sites is 1. The Balaban J connectivity index is 1.62. The van der Waals surface area contributed by atoms with Crippen LogP contribution in [0.4, 0.5) is 5.69 Å². The predicted octanol–water partition coefficient (Wildman–Crippen LogP) is 2.45. The van der Waals surface area contributed by atoms with E-state index in [1.54, 1.807) is 17.0 Å². The average molecular weight is 536 g/mol. The number of nitrogens with one attached hydrogen (secondary N) is 2. The molecule has 3 amide bonds. The molecule has 186 valence electrons. The van der Waals surface area contributed by atoms with Crippen LogP contribution in [0, 0.1) is 11.8 Å². The third-order valence-corrected chi connectivity index (χ3v) is 7.96. The van der Waals surface area contributed by atoms with Crippen LogP contribution in [-0.4, -0.2) is 69.5 Å². The Labute approximate surface area is 208 Å². The number of hydrogen-bond acceptors (Lipinski definition) is 5. The number of hydrogen-bond donors (Lipinski definition) is 3. The quantitative estimate of drug-likeness (QED) is 0.315. The minimum Gasteiger partial charge on any atom is -0.396 e. The van der Waals surface area contributed by atoms with Crippen LogP contribution in [0.15, 0.2) is 30.3 Å². The van der Waals surface area contributed by atoms with E-state index in [1.165, 1.54) is 0 Å².